The Morgan fingerprint density at radius 1 is 0.882 bits per heavy atom. The minimum Gasteiger partial charge on any atom is -0.399 e. The van der Waals surface area contributed by atoms with Crippen LogP contribution in [0, 0.1) is 0 Å². The van der Waals surface area contributed by atoms with E-state index >= 15 is 0 Å². The molecule has 0 aliphatic carbocycles. The average molecular weight is 226 g/mol. The fraction of sp³-hybridized carbons (Fsp3) is 0.200. The molecule has 1 unspecified atom stereocenters. The van der Waals surface area contributed by atoms with Crippen LogP contribution in [0.15, 0.2) is 54.6 Å². The van der Waals surface area contributed by atoms with Gasteiger partial charge in [0, 0.05) is 5.69 Å². The van der Waals surface area contributed by atoms with Gasteiger partial charge in [0.25, 0.3) is 0 Å². The summed E-state index contributed by atoms with van der Waals surface area (Å²) in [6.45, 7) is 0. The number of nitrogen functional groups attached to an aromatic ring is 1. The van der Waals surface area contributed by atoms with Crippen molar-refractivity contribution in [1.29, 1.82) is 0 Å². The Hall–Kier alpha value is -1.80. The first-order valence-corrected chi connectivity index (χ1v) is 5.75. The second kappa shape index (κ2) is 5.02. The maximum Gasteiger partial charge on any atom is 0.0597 e. The average Bonchev–Trinajstić information content (AvgIpc) is 2.30. The largest absolute Gasteiger partial charge is 0.399 e. The Labute approximate surface area is 103 Å². The molecule has 2 rings (SSSR count). The van der Waals surface area contributed by atoms with E-state index in [1.807, 2.05) is 24.3 Å². The van der Waals surface area contributed by atoms with Crippen LogP contribution >= 0.6 is 0 Å². The third kappa shape index (κ3) is 2.66. The molecule has 88 valence electrons. The standard InChI is InChI=1S/C15H18N2/c1-17(2)15(12-7-4-3-5-8-12)13-9-6-10-14(16)11-13/h3-11,15H,16H2,1-2H3. The maximum atomic E-state index is 5.86. The third-order valence-electron chi connectivity index (χ3n) is 2.86. The van der Waals surface area contributed by atoms with Crippen LogP contribution in [-0.4, -0.2) is 19.0 Å². The van der Waals surface area contributed by atoms with E-state index < -0.39 is 0 Å². The molecule has 2 heteroatoms. The topological polar surface area (TPSA) is 29.3 Å². The van der Waals surface area contributed by atoms with Crippen molar-refractivity contribution in [3.05, 3.63) is 65.7 Å². The van der Waals surface area contributed by atoms with Crippen LogP contribution in [0.25, 0.3) is 0 Å². The lowest BCUT2D eigenvalue weighted by Gasteiger charge is -2.25. The molecule has 2 aromatic rings. The summed E-state index contributed by atoms with van der Waals surface area (Å²) in [5.74, 6) is 0. The molecule has 0 bridgehead atoms. The van der Waals surface area contributed by atoms with Gasteiger partial charge >= 0.3 is 0 Å². The van der Waals surface area contributed by atoms with Crippen molar-refractivity contribution in [2.75, 3.05) is 19.8 Å². The van der Waals surface area contributed by atoms with Gasteiger partial charge in [-0.15, -0.1) is 0 Å². The Bertz CT molecular complexity index is 477. The zero-order chi connectivity index (χ0) is 12.3. The van der Waals surface area contributed by atoms with E-state index in [2.05, 4.69) is 49.3 Å². The molecular formula is C15H18N2. The van der Waals surface area contributed by atoms with Gasteiger partial charge in [0.2, 0.25) is 0 Å². The highest BCUT2D eigenvalue weighted by Gasteiger charge is 2.15. The first-order chi connectivity index (χ1) is 8.18. The zero-order valence-electron chi connectivity index (χ0n) is 10.3. The highest BCUT2D eigenvalue weighted by Crippen LogP contribution is 2.27. The maximum absolute atomic E-state index is 5.86. The summed E-state index contributed by atoms with van der Waals surface area (Å²) < 4.78 is 0. The second-order valence-corrected chi connectivity index (χ2v) is 4.45. The molecule has 0 aromatic heterocycles. The highest BCUT2D eigenvalue weighted by molar-refractivity contribution is 5.44. The summed E-state index contributed by atoms with van der Waals surface area (Å²) in [6.07, 6.45) is 0. The van der Waals surface area contributed by atoms with Crippen LogP contribution < -0.4 is 5.73 Å². The van der Waals surface area contributed by atoms with Crippen molar-refractivity contribution in [3.8, 4) is 0 Å². The molecule has 0 aliphatic heterocycles. The number of nitrogens with two attached hydrogens (primary N) is 1. The van der Waals surface area contributed by atoms with Crippen LogP contribution in [0.4, 0.5) is 5.69 Å². The van der Waals surface area contributed by atoms with E-state index in [1.165, 1.54) is 11.1 Å². The van der Waals surface area contributed by atoms with Crippen molar-refractivity contribution in [2.45, 2.75) is 6.04 Å². The normalized spacial score (nSPS) is 12.6. The molecule has 0 saturated heterocycles. The van der Waals surface area contributed by atoms with Gasteiger partial charge in [-0.3, -0.25) is 4.90 Å². The number of nitrogens with zero attached hydrogens (tertiary/aromatic N) is 1. The zero-order valence-corrected chi connectivity index (χ0v) is 10.3. The summed E-state index contributed by atoms with van der Waals surface area (Å²) in [4.78, 5) is 2.20. The molecule has 0 heterocycles. The molecule has 2 aromatic carbocycles. The van der Waals surface area contributed by atoms with Crippen molar-refractivity contribution in [1.82, 2.24) is 4.90 Å². The molecule has 0 radical (unpaired) electrons. The monoisotopic (exact) mass is 226 g/mol. The molecule has 2 N–H and O–H groups in total. The lowest BCUT2D eigenvalue weighted by molar-refractivity contribution is 0.342. The molecule has 1 atom stereocenters. The van der Waals surface area contributed by atoms with Crippen molar-refractivity contribution < 1.29 is 0 Å². The van der Waals surface area contributed by atoms with Crippen molar-refractivity contribution in [3.63, 3.8) is 0 Å². The van der Waals surface area contributed by atoms with Crippen LogP contribution in [0.1, 0.15) is 17.2 Å². The smallest absolute Gasteiger partial charge is 0.0597 e. The number of rotatable bonds is 3. The number of hydrogen-bond acceptors (Lipinski definition) is 2. The van der Waals surface area contributed by atoms with Gasteiger partial charge in [0.05, 0.1) is 6.04 Å². The second-order valence-electron chi connectivity index (χ2n) is 4.45. The van der Waals surface area contributed by atoms with Crippen LogP contribution in [0.3, 0.4) is 0 Å². The Morgan fingerprint density at radius 3 is 2.12 bits per heavy atom. The van der Waals surface area contributed by atoms with E-state index in [9.17, 15) is 0 Å². The molecule has 0 spiro atoms. The first-order valence-electron chi connectivity index (χ1n) is 5.75. The predicted molar refractivity (Wildman–Crippen MR) is 72.8 cm³/mol. The van der Waals surface area contributed by atoms with E-state index in [-0.39, 0.29) is 6.04 Å². The summed E-state index contributed by atoms with van der Waals surface area (Å²) in [6, 6.07) is 18.8. The summed E-state index contributed by atoms with van der Waals surface area (Å²) in [5, 5.41) is 0. The van der Waals surface area contributed by atoms with Gasteiger partial charge in [-0.25, -0.2) is 0 Å². The van der Waals surface area contributed by atoms with Crippen molar-refractivity contribution in [2.24, 2.45) is 0 Å². The SMILES string of the molecule is CN(C)C(c1ccccc1)c1cccc(N)c1. The first kappa shape index (κ1) is 11.7. The minimum atomic E-state index is 0.250. The molecule has 0 amide bonds. The van der Waals surface area contributed by atoms with Crippen molar-refractivity contribution >= 4 is 5.69 Å². The molecule has 0 fully saturated rings. The molecular weight excluding hydrogens is 208 g/mol. The highest BCUT2D eigenvalue weighted by atomic mass is 15.1. The van der Waals surface area contributed by atoms with Crippen LogP contribution in [0.2, 0.25) is 0 Å². The molecule has 0 aliphatic rings. The molecule has 2 nitrogen and oxygen atoms in total. The number of benzene rings is 2. The Morgan fingerprint density at radius 2 is 1.53 bits per heavy atom. The third-order valence-corrected chi connectivity index (χ3v) is 2.86. The van der Waals surface area contributed by atoms with Gasteiger partial charge in [0.15, 0.2) is 0 Å². The minimum absolute atomic E-state index is 0.250. The predicted octanol–water partition coefficient (Wildman–Crippen LogP) is 2.92. The summed E-state index contributed by atoms with van der Waals surface area (Å²) in [7, 11) is 4.17. The summed E-state index contributed by atoms with van der Waals surface area (Å²) in [5.41, 5.74) is 9.17. The van der Waals surface area contributed by atoms with E-state index in [0.717, 1.165) is 5.69 Å². The van der Waals surface area contributed by atoms with Gasteiger partial charge in [-0.1, -0.05) is 42.5 Å². The Balaban J connectivity index is 2.43. The quantitative estimate of drug-likeness (QED) is 0.815. The van der Waals surface area contributed by atoms with E-state index in [4.69, 9.17) is 5.73 Å². The summed E-state index contributed by atoms with van der Waals surface area (Å²) >= 11 is 0. The molecule has 17 heavy (non-hydrogen) atoms. The van der Waals surface area contributed by atoms with Crippen LogP contribution in [0.5, 0.6) is 0 Å². The molecule has 0 saturated carbocycles. The fourth-order valence-electron chi connectivity index (χ4n) is 2.15. The van der Waals surface area contributed by atoms with Gasteiger partial charge in [-0.2, -0.15) is 0 Å². The fourth-order valence-corrected chi connectivity index (χ4v) is 2.15. The van der Waals surface area contributed by atoms with E-state index in [0.29, 0.717) is 0 Å². The van der Waals surface area contributed by atoms with Gasteiger partial charge in [-0.05, 0) is 37.4 Å². The lowest BCUT2D eigenvalue weighted by Crippen LogP contribution is -2.21. The van der Waals surface area contributed by atoms with Crippen LogP contribution in [-0.2, 0) is 0 Å². The lowest BCUT2D eigenvalue weighted by atomic mass is 9.97. The Kier molecular flexibility index (Phi) is 3.45. The number of hydrogen-bond donors (Lipinski definition) is 1. The number of anilines is 1. The van der Waals surface area contributed by atoms with E-state index in [1.54, 1.807) is 0 Å². The van der Waals surface area contributed by atoms with Gasteiger partial charge < -0.3 is 5.73 Å². The van der Waals surface area contributed by atoms with Gasteiger partial charge in [0.1, 0.15) is 0 Å².